The number of nitrogens with one attached hydrogen (secondary N) is 1. The summed E-state index contributed by atoms with van der Waals surface area (Å²) in [5.74, 6) is 0.341. The first-order chi connectivity index (χ1) is 10.7. The van der Waals surface area contributed by atoms with E-state index in [1.165, 1.54) is 30.4 Å². The lowest BCUT2D eigenvalue weighted by atomic mass is 9.98. The Labute approximate surface area is 134 Å². The summed E-state index contributed by atoms with van der Waals surface area (Å²) in [4.78, 5) is 15.0. The summed E-state index contributed by atoms with van der Waals surface area (Å²) in [5, 5.41) is 3.46. The number of rotatable bonds is 3. The van der Waals surface area contributed by atoms with E-state index >= 15 is 0 Å². The molecule has 1 N–H and O–H groups in total. The monoisotopic (exact) mass is 300 g/mol. The number of aryl methyl sites for hydroxylation is 1. The Morgan fingerprint density at radius 1 is 1.23 bits per heavy atom. The van der Waals surface area contributed by atoms with Crippen LogP contribution in [0.1, 0.15) is 62.1 Å². The Hall–Kier alpha value is -1.35. The molecule has 1 aromatic rings. The topological polar surface area (TPSA) is 32.3 Å². The molecule has 3 rings (SSSR count). The lowest BCUT2D eigenvalue weighted by molar-refractivity contribution is -0.134. The molecule has 1 amide bonds. The van der Waals surface area contributed by atoms with Crippen LogP contribution in [-0.4, -0.2) is 29.9 Å². The van der Waals surface area contributed by atoms with Crippen LogP contribution in [0.4, 0.5) is 0 Å². The van der Waals surface area contributed by atoms with Crippen molar-refractivity contribution in [2.75, 3.05) is 13.1 Å². The standard InChI is InChI=1S/C19H28N2O/c1-15-7-5-8-16(13-15)18-10-3-2-4-12-21(18)19(22)14-17-9-6-11-20-17/h5,7-8,13,17-18,20H,2-4,6,9-12,14H2,1H3. The molecule has 22 heavy (non-hydrogen) atoms. The van der Waals surface area contributed by atoms with Crippen LogP contribution in [0.2, 0.25) is 0 Å². The van der Waals surface area contributed by atoms with Crippen LogP contribution >= 0.6 is 0 Å². The van der Waals surface area contributed by atoms with Crippen LogP contribution in [0.3, 0.4) is 0 Å². The summed E-state index contributed by atoms with van der Waals surface area (Å²) < 4.78 is 0. The first-order valence-corrected chi connectivity index (χ1v) is 8.83. The Balaban J connectivity index is 1.76. The fourth-order valence-corrected chi connectivity index (χ4v) is 3.89. The second-order valence-corrected chi connectivity index (χ2v) is 6.86. The SMILES string of the molecule is Cc1cccc(C2CCCCCN2C(=O)CC2CCCN2)c1. The van der Waals surface area contributed by atoms with Gasteiger partial charge in [0.25, 0.3) is 0 Å². The number of hydrogen-bond donors (Lipinski definition) is 1. The average molecular weight is 300 g/mol. The molecule has 2 fully saturated rings. The second kappa shape index (κ2) is 7.28. The molecule has 3 nitrogen and oxygen atoms in total. The minimum atomic E-state index is 0.274. The van der Waals surface area contributed by atoms with Crippen molar-refractivity contribution in [2.45, 2.75) is 64.0 Å². The number of likely N-dealkylation sites (tertiary alicyclic amines) is 1. The fourth-order valence-electron chi connectivity index (χ4n) is 3.89. The highest BCUT2D eigenvalue weighted by molar-refractivity contribution is 5.77. The first-order valence-electron chi connectivity index (χ1n) is 8.83. The molecular formula is C19H28N2O. The molecule has 2 aliphatic rings. The van der Waals surface area contributed by atoms with E-state index in [0.717, 1.165) is 32.4 Å². The third-order valence-corrected chi connectivity index (χ3v) is 5.08. The number of carbonyl (C=O) groups is 1. The normalized spacial score (nSPS) is 26.0. The highest BCUT2D eigenvalue weighted by atomic mass is 16.2. The van der Waals surface area contributed by atoms with E-state index in [1.54, 1.807) is 0 Å². The van der Waals surface area contributed by atoms with Gasteiger partial charge in [0.05, 0.1) is 6.04 Å². The molecule has 0 bridgehead atoms. The Bertz CT molecular complexity index is 508. The summed E-state index contributed by atoms with van der Waals surface area (Å²) in [5.41, 5.74) is 2.60. The van der Waals surface area contributed by atoms with Crippen molar-refractivity contribution in [1.29, 1.82) is 0 Å². The minimum Gasteiger partial charge on any atom is -0.336 e. The van der Waals surface area contributed by atoms with Crippen molar-refractivity contribution in [1.82, 2.24) is 10.2 Å². The van der Waals surface area contributed by atoms with Crippen molar-refractivity contribution in [3.8, 4) is 0 Å². The predicted octanol–water partition coefficient (Wildman–Crippen LogP) is 3.58. The van der Waals surface area contributed by atoms with Crippen molar-refractivity contribution in [3.63, 3.8) is 0 Å². The summed E-state index contributed by atoms with van der Waals surface area (Å²) in [6.07, 6.45) is 7.74. The third-order valence-electron chi connectivity index (χ3n) is 5.08. The Morgan fingerprint density at radius 3 is 2.91 bits per heavy atom. The van der Waals surface area contributed by atoms with Crippen LogP contribution in [0, 0.1) is 6.92 Å². The van der Waals surface area contributed by atoms with Gasteiger partial charge in [-0.15, -0.1) is 0 Å². The van der Waals surface area contributed by atoms with E-state index < -0.39 is 0 Å². The van der Waals surface area contributed by atoms with Gasteiger partial charge >= 0.3 is 0 Å². The number of benzene rings is 1. The number of amides is 1. The summed E-state index contributed by atoms with van der Waals surface area (Å²) in [6.45, 7) is 4.12. The Morgan fingerprint density at radius 2 is 2.14 bits per heavy atom. The molecule has 2 unspecified atom stereocenters. The maximum absolute atomic E-state index is 12.9. The predicted molar refractivity (Wildman–Crippen MR) is 89.7 cm³/mol. The molecular weight excluding hydrogens is 272 g/mol. The molecule has 120 valence electrons. The van der Waals surface area contributed by atoms with Crippen LogP contribution in [-0.2, 0) is 4.79 Å². The lowest BCUT2D eigenvalue weighted by Crippen LogP contribution is -2.38. The largest absolute Gasteiger partial charge is 0.336 e. The van der Waals surface area contributed by atoms with E-state index in [-0.39, 0.29) is 6.04 Å². The average Bonchev–Trinajstić information content (AvgIpc) is 2.88. The van der Waals surface area contributed by atoms with E-state index in [2.05, 4.69) is 41.4 Å². The maximum atomic E-state index is 12.9. The van der Waals surface area contributed by atoms with Gasteiger partial charge in [-0.25, -0.2) is 0 Å². The molecule has 2 heterocycles. The molecule has 2 atom stereocenters. The summed E-state index contributed by atoms with van der Waals surface area (Å²) in [6, 6.07) is 9.37. The highest BCUT2D eigenvalue weighted by Crippen LogP contribution is 2.31. The highest BCUT2D eigenvalue weighted by Gasteiger charge is 2.29. The second-order valence-electron chi connectivity index (χ2n) is 6.86. The first kappa shape index (κ1) is 15.5. The van der Waals surface area contributed by atoms with E-state index in [0.29, 0.717) is 18.4 Å². The van der Waals surface area contributed by atoms with Crippen LogP contribution < -0.4 is 5.32 Å². The van der Waals surface area contributed by atoms with Gasteiger partial charge in [-0.3, -0.25) is 4.79 Å². The zero-order valence-corrected chi connectivity index (χ0v) is 13.7. The molecule has 0 aliphatic carbocycles. The number of hydrogen-bond acceptors (Lipinski definition) is 2. The quantitative estimate of drug-likeness (QED) is 0.925. The van der Waals surface area contributed by atoms with Crippen LogP contribution in [0.15, 0.2) is 24.3 Å². The van der Waals surface area contributed by atoms with Crippen molar-refractivity contribution in [3.05, 3.63) is 35.4 Å². The van der Waals surface area contributed by atoms with Gasteiger partial charge in [-0.05, 0) is 44.7 Å². The smallest absolute Gasteiger partial charge is 0.224 e. The van der Waals surface area contributed by atoms with Gasteiger partial charge in [-0.2, -0.15) is 0 Å². The molecule has 3 heteroatoms. The Kier molecular flexibility index (Phi) is 5.14. The van der Waals surface area contributed by atoms with Gasteiger partial charge in [0.2, 0.25) is 5.91 Å². The molecule has 0 aromatic heterocycles. The van der Waals surface area contributed by atoms with E-state index in [4.69, 9.17) is 0 Å². The van der Waals surface area contributed by atoms with Crippen molar-refractivity contribution >= 4 is 5.91 Å². The maximum Gasteiger partial charge on any atom is 0.224 e. The van der Waals surface area contributed by atoms with Crippen LogP contribution in [0.25, 0.3) is 0 Å². The van der Waals surface area contributed by atoms with Crippen molar-refractivity contribution < 1.29 is 4.79 Å². The third kappa shape index (κ3) is 3.70. The van der Waals surface area contributed by atoms with Gasteiger partial charge in [0.1, 0.15) is 0 Å². The van der Waals surface area contributed by atoms with Gasteiger partial charge in [0.15, 0.2) is 0 Å². The van der Waals surface area contributed by atoms with Crippen LogP contribution in [0.5, 0.6) is 0 Å². The molecule has 0 spiro atoms. The summed E-state index contributed by atoms with van der Waals surface area (Å²) >= 11 is 0. The number of carbonyl (C=O) groups excluding carboxylic acids is 1. The van der Waals surface area contributed by atoms with Gasteiger partial charge in [0, 0.05) is 19.0 Å². The van der Waals surface area contributed by atoms with E-state index in [1.807, 2.05) is 0 Å². The molecule has 2 aliphatic heterocycles. The molecule has 1 aromatic carbocycles. The summed E-state index contributed by atoms with van der Waals surface area (Å²) in [7, 11) is 0. The molecule has 2 saturated heterocycles. The number of nitrogens with zero attached hydrogens (tertiary/aromatic N) is 1. The minimum absolute atomic E-state index is 0.274. The van der Waals surface area contributed by atoms with Gasteiger partial charge in [-0.1, -0.05) is 42.7 Å². The zero-order valence-electron chi connectivity index (χ0n) is 13.7. The lowest BCUT2D eigenvalue weighted by Gasteiger charge is -2.31. The van der Waals surface area contributed by atoms with Crippen molar-refractivity contribution in [2.24, 2.45) is 0 Å². The van der Waals surface area contributed by atoms with Gasteiger partial charge < -0.3 is 10.2 Å². The molecule has 0 saturated carbocycles. The molecule has 0 radical (unpaired) electrons. The van der Waals surface area contributed by atoms with E-state index in [9.17, 15) is 4.79 Å². The zero-order chi connectivity index (χ0) is 15.4. The fraction of sp³-hybridized carbons (Fsp3) is 0.632.